The molecule has 0 aliphatic heterocycles. The molecule has 2 aromatic rings. The number of nitrogens with zero attached hydrogens (tertiary/aromatic N) is 4. The maximum Gasteiger partial charge on any atom is 0.341 e. The van der Waals surface area contributed by atoms with E-state index in [9.17, 15) is 14.4 Å². The molecule has 0 atom stereocenters. The Bertz CT molecular complexity index is 1050. The molecule has 1 fully saturated rings. The van der Waals surface area contributed by atoms with Crippen molar-refractivity contribution >= 4 is 45.9 Å². The van der Waals surface area contributed by atoms with Crippen molar-refractivity contribution < 1.29 is 19.1 Å². The number of nitrogens with one attached hydrogen (secondary N) is 1. The van der Waals surface area contributed by atoms with E-state index < -0.39 is 5.97 Å². The zero-order valence-electron chi connectivity index (χ0n) is 19.3. The normalized spacial score (nSPS) is 13.7. The van der Waals surface area contributed by atoms with Crippen molar-refractivity contribution in [3.8, 4) is 0 Å². The summed E-state index contributed by atoms with van der Waals surface area (Å²) in [4.78, 5) is 39.4. The van der Waals surface area contributed by atoms with Crippen molar-refractivity contribution in [1.82, 2.24) is 19.7 Å². The molecule has 1 aliphatic carbocycles. The molecule has 1 aliphatic rings. The highest BCUT2D eigenvalue weighted by Gasteiger charge is 2.28. The van der Waals surface area contributed by atoms with Gasteiger partial charge in [0.2, 0.25) is 5.91 Å². The number of amides is 2. The van der Waals surface area contributed by atoms with Gasteiger partial charge in [0.1, 0.15) is 10.8 Å². The Hall–Kier alpha value is -2.66. The van der Waals surface area contributed by atoms with Gasteiger partial charge in [0.15, 0.2) is 5.16 Å². The zero-order valence-corrected chi connectivity index (χ0v) is 21.0. The molecule has 3 rings (SSSR count). The number of carbonyl (C=O) groups excluding carboxylic acids is 3. The first kappa shape index (κ1) is 25.0. The lowest BCUT2D eigenvalue weighted by Crippen LogP contribution is -2.21. The number of methoxy groups -OCH3 is 1. The van der Waals surface area contributed by atoms with Crippen LogP contribution in [-0.2, 0) is 16.1 Å². The van der Waals surface area contributed by atoms with Crippen molar-refractivity contribution in [3.63, 3.8) is 0 Å². The largest absolute Gasteiger partial charge is 0.465 e. The summed E-state index contributed by atoms with van der Waals surface area (Å²) in [5, 5.41) is 12.4. The first-order valence-corrected chi connectivity index (χ1v) is 12.5. The Morgan fingerprint density at radius 2 is 2.00 bits per heavy atom. The second kappa shape index (κ2) is 11.0. The highest BCUT2D eigenvalue weighted by molar-refractivity contribution is 7.99. The van der Waals surface area contributed by atoms with Crippen molar-refractivity contribution in [3.05, 3.63) is 34.5 Å². The van der Waals surface area contributed by atoms with Crippen LogP contribution in [0.15, 0.2) is 17.8 Å². The van der Waals surface area contributed by atoms with Crippen molar-refractivity contribution in [1.29, 1.82) is 0 Å². The Morgan fingerprint density at radius 3 is 2.61 bits per heavy atom. The minimum atomic E-state index is -0.601. The molecule has 0 unspecified atom stereocenters. The quantitative estimate of drug-likeness (QED) is 0.324. The number of thioether (sulfide) groups is 1. The summed E-state index contributed by atoms with van der Waals surface area (Å²) in [7, 11) is 4.53. The number of hydrogen-bond acceptors (Lipinski definition) is 8. The molecule has 11 heteroatoms. The summed E-state index contributed by atoms with van der Waals surface area (Å²) in [6.45, 7) is 6.08. The Kier molecular flexibility index (Phi) is 8.30. The minimum Gasteiger partial charge on any atom is -0.465 e. The summed E-state index contributed by atoms with van der Waals surface area (Å²) in [5.74, 6) is 0.264. The average Bonchev–Trinajstić information content (AvgIpc) is 3.51. The van der Waals surface area contributed by atoms with Gasteiger partial charge in [0, 0.05) is 26.6 Å². The number of esters is 1. The van der Waals surface area contributed by atoms with Gasteiger partial charge in [-0.1, -0.05) is 30.7 Å². The molecule has 1 N–H and O–H groups in total. The highest BCUT2D eigenvalue weighted by Crippen LogP contribution is 2.36. The van der Waals surface area contributed by atoms with E-state index in [4.69, 9.17) is 4.74 Å². The van der Waals surface area contributed by atoms with Crippen LogP contribution >= 0.6 is 23.1 Å². The highest BCUT2D eigenvalue weighted by atomic mass is 32.2. The van der Waals surface area contributed by atoms with Gasteiger partial charge in [0.05, 0.1) is 23.3 Å². The van der Waals surface area contributed by atoms with Crippen LogP contribution in [0, 0.1) is 6.92 Å². The summed E-state index contributed by atoms with van der Waals surface area (Å²) in [5.41, 5.74) is 0.685. The first-order valence-electron chi connectivity index (χ1n) is 10.7. The average molecular weight is 492 g/mol. The Morgan fingerprint density at radius 1 is 1.30 bits per heavy atom. The topological polar surface area (TPSA) is 106 Å². The smallest absolute Gasteiger partial charge is 0.341 e. The number of rotatable bonds is 9. The maximum atomic E-state index is 12.8. The number of allylic oxidation sites excluding steroid dienone is 1. The molecule has 1 saturated carbocycles. The lowest BCUT2D eigenvalue weighted by Gasteiger charge is -2.12. The van der Waals surface area contributed by atoms with E-state index in [-0.39, 0.29) is 23.1 Å². The number of thiophene rings is 1. The third-order valence-corrected chi connectivity index (χ3v) is 7.66. The molecule has 9 nitrogen and oxygen atoms in total. The predicted octanol–water partition coefficient (Wildman–Crippen LogP) is 3.71. The first-order chi connectivity index (χ1) is 15.8. The van der Waals surface area contributed by atoms with Crippen LogP contribution in [0.25, 0.3) is 0 Å². The van der Waals surface area contributed by atoms with E-state index in [0.717, 1.165) is 30.0 Å². The van der Waals surface area contributed by atoms with Crippen LogP contribution in [0.5, 0.6) is 0 Å². The van der Waals surface area contributed by atoms with Gasteiger partial charge in [-0.3, -0.25) is 9.59 Å². The summed E-state index contributed by atoms with van der Waals surface area (Å²) in [6.07, 6.45) is 6.38. The molecular weight excluding hydrogens is 462 g/mol. The minimum absolute atomic E-state index is 0.0778. The molecule has 0 radical (unpaired) electrons. The maximum absolute atomic E-state index is 12.8. The molecule has 0 bridgehead atoms. The van der Waals surface area contributed by atoms with E-state index in [1.165, 1.54) is 36.6 Å². The summed E-state index contributed by atoms with van der Waals surface area (Å²) >= 11 is 2.35. The fraction of sp³-hybridized carbons (Fsp3) is 0.500. The van der Waals surface area contributed by atoms with Gasteiger partial charge < -0.3 is 19.5 Å². The van der Waals surface area contributed by atoms with Gasteiger partial charge in [-0.05, 0) is 25.3 Å². The van der Waals surface area contributed by atoms with Crippen LogP contribution < -0.4 is 5.32 Å². The van der Waals surface area contributed by atoms with E-state index in [1.807, 2.05) is 4.57 Å². The van der Waals surface area contributed by atoms with Crippen LogP contribution in [0.3, 0.4) is 0 Å². The molecule has 0 spiro atoms. The van der Waals surface area contributed by atoms with Crippen molar-refractivity contribution in [2.45, 2.75) is 50.2 Å². The third kappa shape index (κ3) is 5.47. The zero-order chi connectivity index (χ0) is 24.1. The molecule has 2 aromatic heterocycles. The van der Waals surface area contributed by atoms with Gasteiger partial charge >= 0.3 is 5.97 Å². The lowest BCUT2D eigenvalue weighted by molar-refractivity contribution is -0.113. The number of aromatic nitrogens is 3. The Labute approximate surface area is 201 Å². The predicted molar refractivity (Wildman–Crippen MR) is 129 cm³/mol. The van der Waals surface area contributed by atoms with Crippen LogP contribution in [0.4, 0.5) is 5.00 Å². The lowest BCUT2D eigenvalue weighted by atomic mass is 10.1. The van der Waals surface area contributed by atoms with Gasteiger partial charge in [0.25, 0.3) is 5.91 Å². The fourth-order valence-corrected chi connectivity index (χ4v) is 5.83. The van der Waals surface area contributed by atoms with E-state index in [0.29, 0.717) is 33.1 Å². The number of hydrogen-bond donors (Lipinski definition) is 1. The molecule has 2 heterocycles. The molecule has 178 valence electrons. The summed E-state index contributed by atoms with van der Waals surface area (Å²) < 4.78 is 6.89. The fourth-order valence-electron chi connectivity index (χ4n) is 3.84. The number of ether oxygens (including phenoxy) is 1. The van der Waals surface area contributed by atoms with E-state index >= 15 is 0 Å². The van der Waals surface area contributed by atoms with E-state index in [1.54, 1.807) is 27.1 Å². The van der Waals surface area contributed by atoms with Crippen molar-refractivity contribution in [2.75, 3.05) is 32.3 Å². The van der Waals surface area contributed by atoms with Gasteiger partial charge in [-0.25, -0.2) is 4.79 Å². The molecule has 0 saturated heterocycles. The standard InChI is InChI=1S/C22H29N5O4S2/c1-6-11-27-18(14-9-7-8-10-14)24-25-22(27)32-12-15(28)23-19-16(21(30)31-5)13(2)17(33-19)20(29)26(3)4/h6,14H,1,7-12H2,2-5H3,(H,23,28). The molecule has 0 aromatic carbocycles. The number of anilines is 1. The van der Waals surface area contributed by atoms with Crippen molar-refractivity contribution in [2.24, 2.45) is 0 Å². The van der Waals surface area contributed by atoms with Crippen LogP contribution in [0.1, 0.15) is 63.0 Å². The summed E-state index contributed by atoms with van der Waals surface area (Å²) in [6, 6.07) is 0. The van der Waals surface area contributed by atoms with Gasteiger partial charge in [-0.2, -0.15) is 0 Å². The molecule has 2 amide bonds. The molecule has 33 heavy (non-hydrogen) atoms. The Balaban J connectivity index is 1.76. The van der Waals surface area contributed by atoms with Gasteiger partial charge in [-0.15, -0.1) is 28.1 Å². The van der Waals surface area contributed by atoms with E-state index in [2.05, 4.69) is 22.1 Å². The second-order valence-electron chi connectivity index (χ2n) is 8.01. The SMILES string of the molecule is C=CCn1c(SCC(=O)Nc2sc(C(=O)N(C)C)c(C)c2C(=O)OC)nnc1C1CCCC1. The van der Waals surface area contributed by atoms with Crippen LogP contribution in [-0.4, -0.2) is 64.4 Å². The monoisotopic (exact) mass is 491 g/mol. The molecular formula is C22H29N5O4S2. The third-order valence-electron chi connectivity index (χ3n) is 5.50. The van der Waals surface area contributed by atoms with Crippen LogP contribution in [0.2, 0.25) is 0 Å². The second-order valence-corrected chi connectivity index (χ2v) is 9.97. The number of carbonyl (C=O) groups is 3.